The normalized spacial score (nSPS) is 29.0. The first-order valence-electron chi connectivity index (χ1n) is 9.30. The van der Waals surface area contributed by atoms with E-state index in [1.165, 1.54) is 57.0 Å². The summed E-state index contributed by atoms with van der Waals surface area (Å²) in [5.74, 6) is 0.761. The van der Waals surface area contributed by atoms with E-state index in [4.69, 9.17) is 0 Å². The van der Waals surface area contributed by atoms with Gasteiger partial charge in [-0.3, -0.25) is 4.90 Å². The van der Waals surface area contributed by atoms with Crippen LogP contribution in [0.2, 0.25) is 0 Å². The Morgan fingerprint density at radius 3 is 2.65 bits per heavy atom. The Bertz CT molecular complexity index is 671. The van der Waals surface area contributed by atoms with Gasteiger partial charge in [0, 0.05) is 12.6 Å². The molecule has 124 valence electrons. The van der Waals surface area contributed by atoms with E-state index in [0.29, 0.717) is 6.04 Å². The zero-order valence-electron chi connectivity index (χ0n) is 14.4. The Morgan fingerprint density at radius 2 is 1.83 bits per heavy atom. The van der Waals surface area contributed by atoms with Crippen LogP contribution in [0, 0.1) is 5.92 Å². The summed E-state index contributed by atoms with van der Waals surface area (Å²) in [6.45, 7) is 6.02. The van der Waals surface area contributed by atoms with Crippen LogP contribution in [0.15, 0.2) is 24.3 Å². The number of para-hydroxylation sites is 1. The molecule has 1 aliphatic heterocycles. The van der Waals surface area contributed by atoms with Crippen molar-refractivity contribution in [2.75, 3.05) is 6.54 Å². The lowest BCUT2D eigenvalue weighted by molar-refractivity contribution is -0.0796. The highest BCUT2D eigenvalue weighted by atomic mass is 15.5. The standard InChI is InChI=1S/C19H28N4/c1-15-9-8-14-22(16(15)2)19(12-6-3-7-13-19)23-18-11-5-4-10-17(18)20-21-23/h4-5,10-11,15-16H,3,6-9,12-14H2,1-2H3. The minimum Gasteiger partial charge on any atom is -0.276 e. The van der Waals surface area contributed by atoms with E-state index in [0.717, 1.165) is 11.4 Å². The highest BCUT2D eigenvalue weighted by Crippen LogP contribution is 2.43. The molecule has 4 rings (SSSR count). The summed E-state index contributed by atoms with van der Waals surface area (Å²) in [4.78, 5) is 2.77. The van der Waals surface area contributed by atoms with Crippen molar-refractivity contribution in [3.05, 3.63) is 24.3 Å². The van der Waals surface area contributed by atoms with Crippen LogP contribution >= 0.6 is 0 Å². The van der Waals surface area contributed by atoms with Crippen molar-refractivity contribution in [3.8, 4) is 0 Å². The highest BCUT2D eigenvalue weighted by molar-refractivity contribution is 5.74. The number of aromatic nitrogens is 3. The molecule has 4 heteroatoms. The number of likely N-dealkylation sites (tertiary alicyclic amines) is 1. The van der Waals surface area contributed by atoms with Crippen molar-refractivity contribution in [2.24, 2.45) is 5.92 Å². The minimum atomic E-state index is 0.0302. The summed E-state index contributed by atoms with van der Waals surface area (Å²) < 4.78 is 2.27. The van der Waals surface area contributed by atoms with Crippen molar-refractivity contribution in [3.63, 3.8) is 0 Å². The number of hydrogen-bond acceptors (Lipinski definition) is 3. The Morgan fingerprint density at radius 1 is 1.04 bits per heavy atom. The van der Waals surface area contributed by atoms with Gasteiger partial charge in [-0.2, -0.15) is 0 Å². The third-order valence-electron chi connectivity index (χ3n) is 6.31. The zero-order chi connectivity index (χ0) is 15.9. The summed E-state index contributed by atoms with van der Waals surface area (Å²) >= 11 is 0. The number of piperidine rings is 1. The van der Waals surface area contributed by atoms with Gasteiger partial charge in [-0.15, -0.1) is 5.10 Å². The zero-order valence-corrected chi connectivity index (χ0v) is 14.4. The molecule has 1 saturated carbocycles. The van der Waals surface area contributed by atoms with Gasteiger partial charge in [0.1, 0.15) is 11.2 Å². The Labute approximate surface area is 138 Å². The van der Waals surface area contributed by atoms with Crippen molar-refractivity contribution >= 4 is 11.0 Å². The monoisotopic (exact) mass is 312 g/mol. The second-order valence-electron chi connectivity index (χ2n) is 7.59. The summed E-state index contributed by atoms with van der Waals surface area (Å²) in [5.41, 5.74) is 2.25. The largest absolute Gasteiger partial charge is 0.276 e. The van der Waals surface area contributed by atoms with E-state index in [1.807, 2.05) is 0 Å². The van der Waals surface area contributed by atoms with E-state index in [1.54, 1.807) is 0 Å². The molecule has 4 nitrogen and oxygen atoms in total. The molecule has 1 aromatic carbocycles. The van der Waals surface area contributed by atoms with E-state index < -0.39 is 0 Å². The molecule has 23 heavy (non-hydrogen) atoms. The molecule has 1 aromatic heterocycles. The lowest BCUT2D eigenvalue weighted by Crippen LogP contribution is -2.59. The molecular weight excluding hydrogens is 284 g/mol. The molecule has 2 unspecified atom stereocenters. The number of hydrogen-bond donors (Lipinski definition) is 0. The summed E-state index contributed by atoms with van der Waals surface area (Å²) in [6.07, 6.45) is 9.02. The fourth-order valence-electron chi connectivity index (χ4n) is 4.84. The summed E-state index contributed by atoms with van der Waals surface area (Å²) in [5, 5.41) is 9.11. The van der Waals surface area contributed by atoms with Gasteiger partial charge in [0.05, 0.1) is 5.52 Å². The van der Waals surface area contributed by atoms with Gasteiger partial charge in [-0.25, -0.2) is 4.68 Å². The second kappa shape index (κ2) is 5.90. The van der Waals surface area contributed by atoms with Gasteiger partial charge in [0.25, 0.3) is 0 Å². The van der Waals surface area contributed by atoms with E-state index >= 15 is 0 Å². The average molecular weight is 312 g/mol. The number of rotatable bonds is 2. The van der Waals surface area contributed by atoms with E-state index in [9.17, 15) is 0 Å². The SMILES string of the molecule is CC1CCCN(C2(n3nnc4ccccc43)CCCCC2)C1C. The molecule has 1 aliphatic carbocycles. The molecule has 2 fully saturated rings. The topological polar surface area (TPSA) is 34.0 Å². The minimum absolute atomic E-state index is 0.0302. The lowest BCUT2D eigenvalue weighted by Gasteiger charge is -2.52. The number of fused-ring (bicyclic) bond motifs is 1. The smallest absolute Gasteiger partial charge is 0.117 e. The van der Waals surface area contributed by atoms with Gasteiger partial charge < -0.3 is 0 Å². The molecule has 0 N–H and O–H groups in total. The van der Waals surface area contributed by atoms with Crippen LogP contribution in [0.3, 0.4) is 0 Å². The highest BCUT2D eigenvalue weighted by Gasteiger charge is 2.45. The van der Waals surface area contributed by atoms with Gasteiger partial charge >= 0.3 is 0 Å². The Balaban J connectivity index is 1.83. The van der Waals surface area contributed by atoms with Gasteiger partial charge in [0.15, 0.2) is 0 Å². The van der Waals surface area contributed by atoms with Crippen LogP contribution in [-0.2, 0) is 5.66 Å². The Kier molecular flexibility index (Phi) is 3.88. The third-order valence-corrected chi connectivity index (χ3v) is 6.31. The first-order chi connectivity index (χ1) is 11.2. The predicted molar refractivity (Wildman–Crippen MR) is 93.2 cm³/mol. The number of benzene rings is 1. The molecule has 0 amide bonds. The summed E-state index contributed by atoms with van der Waals surface area (Å²) in [6, 6.07) is 9.05. The van der Waals surface area contributed by atoms with Crippen LogP contribution in [0.5, 0.6) is 0 Å². The van der Waals surface area contributed by atoms with E-state index in [-0.39, 0.29) is 5.66 Å². The molecule has 2 atom stereocenters. The molecule has 0 bridgehead atoms. The van der Waals surface area contributed by atoms with Gasteiger partial charge in [0.2, 0.25) is 0 Å². The fraction of sp³-hybridized carbons (Fsp3) is 0.684. The fourth-order valence-corrected chi connectivity index (χ4v) is 4.84. The van der Waals surface area contributed by atoms with E-state index in [2.05, 4.69) is 58.0 Å². The molecule has 0 radical (unpaired) electrons. The molecule has 0 spiro atoms. The number of nitrogens with zero attached hydrogens (tertiary/aromatic N) is 4. The maximum absolute atomic E-state index is 4.65. The predicted octanol–water partition coefficient (Wildman–Crippen LogP) is 4.17. The first-order valence-corrected chi connectivity index (χ1v) is 9.30. The summed E-state index contributed by atoms with van der Waals surface area (Å²) in [7, 11) is 0. The molecule has 2 aromatic rings. The Hall–Kier alpha value is -1.42. The van der Waals surface area contributed by atoms with Crippen molar-refractivity contribution in [1.29, 1.82) is 0 Å². The molecular formula is C19H28N4. The average Bonchev–Trinajstić information content (AvgIpc) is 3.02. The quantitative estimate of drug-likeness (QED) is 0.834. The van der Waals surface area contributed by atoms with Gasteiger partial charge in [-0.05, 0) is 63.5 Å². The van der Waals surface area contributed by atoms with Crippen molar-refractivity contribution in [2.45, 2.75) is 70.5 Å². The van der Waals surface area contributed by atoms with Crippen molar-refractivity contribution in [1.82, 2.24) is 19.9 Å². The van der Waals surface area contributed by atoms with Crippen LogP contribution in [-0.4, -0.2) is 32.5 Å². The maximum Gasteiger partial charge on any atom is 0.117 e. The lowest BCUT2D eigenvalue weighted by atomic mass is 9.82. The maximum atomic E-state index is 4.65. The van der Waals surface area contributed by atoms with Crippen LogP contribution in [0.4, 0.5) is 0 Å². The van der Waals surface area contributed by atoms with Crippen LogP contribution in [0.1, 0.15) is 58.8 Å². The van der Waals surface area contributed by atoms with Crippen LogP contribution < -0.4 is 0 Å². The van der Waals surface area contributed by atoms with Crippen molar-refractivity contribution < 1.29 is 0 Å². The first kappa shape index (κ1) is 15.1. The molecule has 1 saturated heterocycles. The van der Waals surface area contributed by atoms with Crippen LogP contribution in [0.25, 0.3) is 11.0 Å². The van der Waals surface area contributed by atoms with Gasteiger partial charge in [-0.1, -0.05) is 30.7 Å². The molecule has 2 aliphatic rings. The second-order valence-corrected chi connectivity index (χ2v) is 7.59. The molecule has 2 heterocycles. The third kappa shape index (κ3) is 2.38.